The minimum absolute atomic E-state index is 0.0247. The van der Waals surface area contributed by atoms with Crippen LogP contribution in [0, 0.1) is 0 Å². The first kappa shape index (κ1) is 13.3. The van der Waals surface area contributed by atoms with E-state index in [0.29, 0.717) is 32.8 Å². The molecule has 0 aromatic heterocycles. The molecule has 2 aliphatic heterocycles. The highest BCUT2D eigenvalue weighted by molar-refractivity contribution is 6.43. The number of carbonyl (C=O) groups is 3. The summed E-state index contributed by atoms with van der Waals surface area (Å²) in [5.41, 5.74) is 2.48. The molecule has 0 unspecified atom stereocenters. The van der Waals surface area contributed by atoms with Gasteiger partial charge >= 0.3 is 6.09 Å². The van der Waals surface area contributed by atoms with Crippen molar-refractivity contribution < 1.29 is 19.1 Å². The predicted octanol–water partition coefficient (Wildman–Crippen LogP) is -0.837. The molecule has 0 spiro atoms. The van der Waals surface area contributed by atoms with Crippen LogP contribution in [-0.4, -0.2) is 66.2 Å². The summed E-state index contributed by atoms with van der Waals surface area (Å²) in [4.78, 5) is 37.7. The SMILES string of the molecule is CCOC(=O)N1CCN(C(=O)C2=NNC(=O)C2)CC1. The number of ether oxygens (including phenoxy) is 1. The normalized spacial score (nSPS) is 19.0. The van der Waals surface area contributed by atoms with Gasteiger partial charge in [0, 0.05) is 26.2 Å². The number of hydrogen-bond acceptors (Lipinski definition) is 5. The van der Waals surface area contributed by atoms with E-state index in [1.165, 1.54) is 0 Å². The molecule has 1 fully saturated rings. The first-order valence-corrected chi connectivity index (χ1v) is 6.18. The van der Waals surface area contributed by atoms with Crippen LogP contribution in [0.5, 0.6) is 0 Å². The number of carbonyl (C=O) groups excluding carboxylic acids is 3. The van der Waals surface area contributed by atoms with E-state index in [4.69, 9.17) is 4.74 Å². The predicted molar refractivity (Wildman–Crippen MR) is 65.4 cm³/mol. The molecule has 8 heteroatoms. The van der Waals surface area contributed by atoms with Crippen LogP contribution in [-0.2, 0) is 14.3 Å². The molecule has 0 aromatic rings. The zero-order valence-corrected chi connectivity index (χ0v) is 10.7. The Hall–Kier alpha value is -2.12. The van der Waals surface area contributed by atoms with E-state index in [1.54, 1.807) is 16.7 Å². The van der Waals surface area contributed by atoms with Crippen molar-refractivity contribution >= 4 is 23.6 Å². The molecule has 0 atom stereocenters. The summed E-state index contributed by atoms with van der Waals surface area (Å²) < 4.78 is 4.90. The zero-order valence-electron chi connectivity index (χ0n) is 10.7. The van der Waals surface area contributed by atoms with Gasteiger partial charge in [-0.05, 0) is 6.92 Å². The highest BCUT2D eigenvalue weighted by Gasteiger charge is 2.30. The lowest BCUT2D eigenvalue weighted by atomic mass is 10.2. The minimum atomic E-state index is -0.357. The Balaban J connectivity index is 1.84. The van der Waals surface area contributed by atoms with Crippen LogP contribution in [0.4, 0.5) is 4.79 Å². The van der Waals surface area contributed by atoms with Crippen molar-refractivity contribution in [1.82, 2.24) is 15.2 Å². The number of hydrazone groups is 1. The summed E-state index contributed by atoms with van der Waals surface area (Å²) in [6, 6.07) is 0. The van der Waals surface area contributed by atoms with E-state index < -0.39 is 0 Å². The van der Waals surface area contributed by atoms with Crippen LogP contribution in [0.2, 0.25) is 0 Å². The lowest BCUT2D eigenvalue weighted by Crippen LogP contribution is -2.52. The van der Waals surface area contributed by atoms with Crippen LogP contribution in [0.15, 0.2) is 5.10 Å². The quantitative estimate of drug-likeness (QED) is 0.707. The molecule has 2 heterocycles. The van der Waals surface area contributed by atoms with Gasteiger partial charge in [-0.15, -0.1) is 0 Å². The Labute approximate surface area is 110 Å². The van der Waals surface area contributed by atoms with E-state index in [1.807, 2.05) is 0 Å². The Morgan fingerprint density at radius 3 is 2.42 bits per heavy atom. The maximum absolute atomic E-state index is 12.0. The molecule has 0 bridgehead atoms. The zero-order chi connectivity index (χ0) is 13.8. The van der Waals surface area contributed by atoms with E-state index in [0.717, 1.165) is 0 Å². The van der Waals surface area contributed by atoms with Crippen molar-refractivity contribution in [3.8, 4) is 0 Å². The number of nitrogens with one attached hydrogen (secondary N) is 1. The Bertz CT molecular complexity index is 426. The van der Waals surface area contributed by atoms with Crippen LogP contribution in [0.3, 0.4) is 0 Å². The summed E-state index contributed by atoms with van der Waals surface area (Å²) in [6.45, 7) is 3.79. The van der Waals surface area contributed by atoms with Crippen molar-refractivity contribution in [2.75, 3.05) is 32.8 Å². The van der Waals surface area contributed by atoms with E-state index in [9.17, 15) is 14.4 Å². The number of nitrogens with zero attached hydrogens (tertiary/aromatic N) is 3. The van der Waals surface area contributed by atoms with Gasteiger partial charge in [0.2, 0.25) is 5.91 Å². The highest BCUT2D eigenvalue weighted by Crippen LogP contribution is 2.07. The van der Waals surface area contributed by atoms with Gasteiger partial charge in [-0.25, -0.2) is 10.2 Å². The number of amides is 3. The monoisotopic (exact) mass is 268 g/mol. The summed E-state index contributed by atoms with van der Waals surface area (Å²) in [5, 5.41) is 3.70. The molecule has 8 nitrogen and oxygen atoms in total. The summed E-state index contributed by atoms with van der Waals surface area (Å²) in [7, 11) is 0. The number of hydrogen-bond donors (Lipinski definition) is 1. The Morgan fingerprint density at radius 1 is 1.26 bits per heavy atom. The molecule has 3 amide bonds. The lowest BCUT2D eigenvalue weighted by Gasteiger charge is -2.33. The van der Waals surface area contributed by atoms with Crippen molar-refractivity contribution in [2.45, 2.75) is 13.3 Å². The molecule has 19 heavy (non-hydrogen) atoms. The lowest BCUT2D eigenvalue weighted by molar-refractivity contribution is -0.126. The van der Waals surface area contributed by atoms with Gasteiger partial charge in [0.05, 0.1) is 13.0 Å². The first-order chi connectivity index (χ1) is 9.11. The smallest absolute Gasteiger partial charge is 0.409 e. The largest absolute Gasteiger partial charge is 0.450 e. The molecular weight excluding hydrogens is 252 g/mol. The summed E-state index contributed by atoms with van der Waals surface area (Å²) in [6.07, 6.45) is -0.332. The molecule has 0 aliphatic carbocycles. The fraction of sp³-hybridized carbons (Fsp3) is 0.636. The van der Waals surface area contributed by atoms with Crippen molar-refractivity contribution in [3.63, 3.8) is 0 Å². The fourth-order valence-electron chi connectivity index (χ4n) is 1.97. The van der Waals surface area contributed by atoms with E-state index >= 15 is 0 Å². The van der Waals surface area contributed by atoms with Crippen molar-refractivity contribution in [2.24, 2.45) is 5.10 Å². The van der Waals surface area contributed by atoms with Gasteiger partial charge < -0.3 is 14.5 Å². The second-order valence-corrected chi connectivity index (χ2v) is 4.25. The third-order valence-electron chi connectivity index (χ3n) is 2.98. The summed E-state index contributed by atoms with van der Waals surface area (Å²) >= 11 is 0. The van der Waals surface area contributed by atoms with Gasteiger partial charge in [-0.1, -0.05) is 0 Å². The van der Waals surface area contributed by atoms with E-state index in [-0.39, 0.29) is 30.0 Å². The molecule has 0 aromatic carbocycles. The second-order valence-electron chi connectivity index (χ2n) is 4.25. The average Bonchev–Trinajstić information content (AvgIpc) is 2.85. The summed E-state index contributed by atoms with van der Waals surface area (Å²) in [5.74, 6) is -0.518. The minimum Gasteiger partial charge on any atom is -0.450 e. The van der Waals surface area contributed by atoms with Crippen LogP contribution >= 0.6 is 0 Å². The molecular formula is C11H16N4O4. The molecule has 0 saturated carbocycles. The third-order valence-corrected chi connectivity index (χ3v) is 2.98. The van der Waals surface area contributed by atoms with Crippen LogP contribution in [0.1, 0.15) is 13.3 Å². The maximum Gasteiger partial charge on any atom is 0.409 e. The van der Waals surface area contributed by atoms with Crippen LogP contribution in [0.25, 0.3) is 0 Å². The standard InChI is InChI=1S/C11H16N4O4/c1-2-19-11(18)15-5-3-14(4-6-15)10(17)8-7-9(16)13-12-8/h2-7H2,1H3,(H,13,16). The Morgan fingerprint density at radius 2 is 1.89 bits per heavy atom. The first-order valence-electron chi connectivity index (χ1n) is 6.18. The van der Waals surface area contributed by atoms with Gasteiger partial charge in [0.1, 0.15) is 5.71 Å². The third kappa shape index (κ3) is 3.01. The molecule has 2 rings (SSSR count). The second kappa shape index (κ2) is 5.68. The maximum atomic E-state index is 12.0. The number of rotatable bonds is 2. The molecule has 1 N–H and O–H groups in total. The van der Waals surface area contributed by atoms with Gasteiger partial charge in [0.15, 0.2) is 0 Å². The van der Waals surface area contributed by atoms with Crippen molar-refractivity contribution in [1.29, 1.82) is 0 Å². The highest BCUT2D eigenvalue weighted by atomic mass is 16.6. The van der Waals surface area contributed by atoms with Crippen molar-refractivity contribution in [3.05, 3.63) is 0 Å². The molecule has 104 valence electrons. The molecule has 0 radical (unpaired) electrons. The fourth-order valence-corrected chi connectivity index (χ4v) is 1.97. The van der Waals surface area contributed by atoms with Crippen LogP contribution < -0.4 is 5.43 Å². The molecule has 1 saturated heterocycles. The molecule has 2 aliphatic rings. The average molecular weight is 268 g/mol. The number of piperazine rings is 1. The van der Waals surface area contributed by atoms with E-state index in [2.05, 4.69) is 10.5 Å². The van der Waals surface area contributed by atoms with Gasteiger partial charge in [-0.3, -0.25) is 9.59 Å². The topological polar surface area (TPSA) is 91.3 Å². The van der Waals surface area contributed by atoms with Gasteiger partial charge in [0.25, 0.3) is 5.91 Å². The Kier molecular flexibility index (Phi) is 3.98. The van der Waals surface area contributed by atoms with Gasteiger partial charge in [-0.2, -0.15) is 5.10 Å².